The molecular formula is C10H10F2O2. The molecule has 0 fully saturated rings. The molecule has 0 amide bonds. The van der Waals surface area contributed by atoms with Gasteiger partial charge in [-0.2, -0.15) is 8.78 Å². The third-order valence-corrected chi connectivity index (χ3v) is 1.87. The van der Waals surface area contributed by atoms with E-state index in [0.717, 1.165) is 0 Å². The van der Waals surface area contributed by atoms with Crippen molar-refractivity contribution in [3.63, 3.8) is 0 Å². The Bertz CT molecular complexity index is 337. The number of rotatable bonds is 3. The molecule has 1 atom stereocenters. The predicted molar refractivity (Wildman–Crippen MR) is 48.2 cm³/mol. The number of benzene rings is 1. The number of halogens is 2. The molecule has 0 saturated carbocycles. The molecule has 0 aromatic heterocycles. The van der Waals surface area contributed by atoms with Crippen molar-refractivity contribution in [3.05, 3.63) is 42.5 Å². The second kappa shape index (κ2) is 3.75. The number of aliphatic hydroxyl groups is 1. The molecule has 0 saturated heterocycles. The van der Waals surface area contributed by atoms with E-state index in [1.807, 2.05) is 0 Å². The lowest BCUT2D eigenvalue weighted by molar-refractivity contribution is -0.0720. The highest BCUT2D eigenvalue weighted by molar-refractivity contribution is 5.35. The minimum Gasteiger partial charge on any atom is -0.508 e. The first kappa shape index (κ1) is 10.7. The quantitative estimate of drug-likeness (QED) is 0.734. The van der Waals surface area contributed by atoms with Gasteiger partial charge in [-0.15, -0.1) is 0 Å². The molecule has 2 N–H and O–H groups in total. The zero-order valence-corrected chi connectivity index (χ0v) is 7.32. The fraction of sp³-hybridized carbons (Fsp3) is 0.200. The van der Waals surface area contributed by atoms with Crippen LogP contribution in [0.4, 0.5) is 8.78 Å². The van der Waals surface area contributed by atoms with E-state index in [0.29, 0.717) is 6.08 Å². The summed E-state index contributed by atoms with van der Waals surface area (Å²) < 4.78 is 25.9. The molecule has 0 bridgehead atoms. The Hall–Kier alpha value is -1.42. The first-order valence-corrected chi connectivity index (χ1v) is 3.96. The highest BCUT2D eigenvalue weighted by Gasteiger charge is 2.37. The standard InChI is InChI=1S/C10H10F2O2/c1-2-10(11,12)9(14)7-5-3-4-6-8(7)13/h2-6,9,13-14H,1H2. The molecule has 14 heavy (non-hydrogen) atoms. The number of phenolic OH excluding ortho intramolecular Hbond substituents is 1. The van der Waals surface area contributed by atoms with Gasteiger partial charge in [0.05, 0.1) is 0 Å². The van der Waals surface area contributed by atoms with Gasteiger partial charge in [0.2, 0.25) is 0 Å². The molecule has 1 aromatic carbocycles. The average Bonchev–Trinajstić information content (AvgIpc) is 2.17. The van der Waals surface area contributed by atoms with E-state index in [9.17, 15) is 19.0 Å². The number of hydrogen-bond acceptors (Lipinski definition) is 2. The van der Waals surface area contributed by atoms with Gasteiger partial charge in [0, 0.05) is 5.56 Å². The van der Waals surface area contributed by atoms with E-state index in [-0.39, 0.29) is 11.3 Å². The summed E-state index contributed by atoms with van der Waals surface area (Å²) in [5.74, 6) is -3.81. The van der Waals surface area contributed by atoms with Crippen LogP contribution in [0, 0.1) is 0 Å². The highest BCUT2D eigenvalue weighted by atomic mass is 19.3. The lowest BCUT2D eigenvalue weighted by Crippen LogP contribution is -2.23. The fourth-order valence-corrected chi connectivity index (χ4v) is 1.04. The number of hydrogen-bond donors (Lipinski definition) is 2. The third kappa shape index (κ3) is 1.90. The van der Waals surface area contributed by atoms with Crippen molar-refractivity contribution in [1.82, 2.24) is 0 Å². The average molecular weight is 200 g/mol. The van der Waals surface area contributed by atoms with Crippen LogP contribution in [0.3, 0.4) is 0 Å². The topological polar surface area (TPSA) is 40.5 Å². The van der Waals surface area contributed by atoms with Gasteiger partial charge in [-0.3, -0.25) is 0 Å². The minimum absolute atomic E-state index is 0.211. The van der Waals surface area contributed by atoms with E-state index < -0.39 is 12.0 Å². The zero-order chi connectivity index (χ0) is 10.8. The Labute approximate surface area is 80.1 Å². The van der Waals surface area contributed by atoms with Crippen molar-refractivity contribution in [1.29, 1.82) is 0 Å². The summed E-state index contributed by atoms with van der Waals surface area (Å²) in [6, 6.07) is 5.41. The molecule has 1 unspecified atom stereocenters. The van der Waals surface area contributed by atoms with Crippen LogP contribution < -0.4 is 0 Å². The maximum atomic E-state index is 12.9. The van der Waals surface area contributed by atoms with Gasteiger partial charge >= 0.3 is 0 Å². The van der Waals surface area contributed by atoms with Gasteiger partial charge in [0.1, 0.15) is 11.9 Å². The Kier molecular flexibility index (Phi) is 2.86. The summed E-state index contributed by atoms with van der Waals surface area (Å²) in [5.41, 5.74) is -0.211. The molecule has 0 aliphatic carbocycles. The van der Waals surface area contributed by atoms with Crippen LogP contribution in [-0.4, -0.2) is 16.1 Å². The molecule has 0 aliphatic rings. The van der Waals surface area contributed by atoms with E-state index in [1.54, 1.807) is 0 Å². The van der Waals surface area contributed by atoms with Gasteiger partial charge in [0.15, 0.2) is 0 Å². The van der Waals surface area contributed by atoms with Crippen molar-refractivity contribution >= 4 is 0 Å². The second-order valence-corrected chi connectivity index (χ2v) is 2.84. The van der Waals surface area contributed by atoms with Crippen LogP contribution in [0.25, 0.3) is 0 Å². The largest absolute Gasteiger partial charge is 0.508 e. The molecule has 0 spiro atoms. The molecule has 4 heteroatoms. The van der Waals surface area contributed by atoms with E-state index in [4.69, 9.17) is 0 Å². The SMILES string of the molecule is C=CC(F)(F)C(O)c1ccccc1O. The summed E-state index contributed by atoms with van der Waals surface area (Å²) in [7, 11) is 0. The van der Waals surface area contributed by atoms with E-state index >= 15 is 0 Å². The van der Waals surface area contributed by atoms with Gasteiger partial charge in [-0.25, -0.2) is 0 Å². The van der Waals surface area contributed by atoms with Crippen LogP contribution in [-0.2, 0) is 0 Å². The molecule has 2 nitrogen and oxygen atoms in total. The smallest absolute Gasteiger partial charge is 0.295 e. The molecule has 0 aliphatic heterocycles. The Morgan fingerprint density at radius 3 is 2.43 bits per heavy atom. The number of phenols is 1. The van der Waals surface area contributed by atoms with Crippen molar-refractivity contribution in [2.24, 2.45) is 0 Å². The molecule has 0 radical (unpaired) electrons. The first-order valence-electron chi connectivity index (χ1n) is 3.96. The fourth-order valence-electron chi connectivity index (χ4n) is 1.04. The van der Waals surface area contributed by atoms with Crippen LogP contribution in [0.5, 0.6) is 5.75 Å². The van der Waals surface area contributed by atoms with Crippen LogP contribution >= 0.6 is 0 Å². The van der Waals surface area contributed by atoms with Crippen LogP contribution in [0.2, 0.25) is 0 Å². The summed E-state index contributed by atoms with van der Waals surface area (Å²) in [4.78, 5) is 0. The molecule has 0 heterocycles. The van der Waals surface area contributed by atoms with Crippen LogP contribution in [0.1, 0.15) is 11.7 Å². The van der Waals surface area contributed by atoms with Crippen molar-refractivity contribution in [2.75, 3.05) is 0 Å². The maximum Gasteiger partial charge on any atom is 0.295 e. The Morgan fingerprint density at radius 1 is 1.36 bits per heavy atom. The summed E-state index contributed by atoms with van der Waals surface area (Å²) in [6.45, 7) is 2.92. The zero-order valence-electron chi connectivity index (χ0n) is 7.32. The minimum atomic E-state index is -3.45. The third-order valence-electron chi connectivity index (χ3n) is 1.87. The van der Waals surface area contributed by atoms with Gasteiger partial charge in [-0.05, 0) is 12.1 Å². The van der Waals surface area contributed by atoms with Crippen molar-refractivity contribution in [2.45, 2.75) is 12.0 Å². The van der Waals surface area contributed by atoms with E-state index in [1.165, 1.54) is 24.3 Å². The predicted octanol–water partition coefficient (Wildman–Crippen LogP) is 2.25. The molecular weight excluding hydrogens is 190 g/mol. The monoisotopic (exact) mass is 200 g/mol. The van der Waals surface area contributed by atoms with Gasteiger partial charge in [-0.1, -0.05) is 24.8 Å². The summed E-state index contributed by atoms with van der Waals surface area (Å²) in [5, 5.41) is 18.5. The lowest BCUT2D eigenvalue weighted by Gasteiger charge is -2.19. The molecule has 1 aromatic rings. The second-order valence-electron chi connectivity index (χ2n) is 2.84. The normalized spacial score (nSPS) is 13.6. The maximum absolute atomic E-state index is 12.9. The molecule has 76 valence electrons. The van der Waals surface area contributed by atoms with Gasteiger partial charge < -0.3 is 10.2 Å². The Balaban J connectivity index is 3.06. The van der Waals surface area contributed by atoms with Crippen molar-refractivity contribution < 1.29 is 19.0 Å². The van der Waals surface area contributed by atoms with E-state index in [2.05, 4.69) is 6.58 Å². The highest BCUT2D eigenvalue weighted by Crippen LogP contribution is 2.35. The lowest BCUT2D eigenvalue weighted by atomic mass is 10.0. The van der Waals surface area contributed by atoms with Gasteiger partial charge in [0.25, 0.3) is 5.92 Å². The van der Waals surface area contributed by atoms with Crippen LogP contribution in [0.15, 0.2) is 36.9 Å². The number of para-hydroxylation sites is 1. The number of aromatic hydroxyl groups is 1. The number of alkyl halides is 2. The summed E-state index contributed by atoms with van der Waals surface area (Å²) in [6.07, 6.45) is -1.72. The first-order chi connectivity index (χ1) is 6.49. The Morgan fingerprint density at radius 2 is 1.93 bits per heavy atom. The molecule has 1 rings (SSSR count). The summed E-state index contributed by atoms with van der Waals surface area (Å²) >= 11 is 0. The number of aliphatic hydroxyl groups excluding tert-OH is 1. The van der Waals surface area contributed by atoms with Crippen molar-refractivity contribution in [3.8, 4) is 5.75 Å².